The Labute approximate surface area is 218 Å². The van der Waals surface area contributed by atoms with Gasteiger partial charge in [-0.1, -0.05) is 12.1 Å². The minimum Gasteiger partial charge on any atom is -0.365 e. The Morgan fingerprint density at radius 3 is 2.64 bits per heavy atom. The topological polar surface area (TPSA) is 132 Å². The molecule has 0 bridgehead atoms. The standard InChI is InChI=1S/C24H26F5N7O3/c1-2-14-19(21(30)37)20(39-34-14)18(13-3-5-23(25,26)6-4-13)15-10-36-17(32-15)7-12(8-31-36)9-35-11-16(24(27,28)29)33-22(35)38/h7-8,10,13,16,18H,2-6,9,11H2,1H3,(H2,30,37)(H,33,38)/t16-,18-/m0/s1. The highest BCUT2D eigenvalue weighted by Crippen LogP contribution is 2.46. The largest absolute Gasteiger partial charge is 0.410 e. The first-order valence-corrected chi connectivity index (χ1v) is 12.5. The van der Waals surface area contributed by atoms with E-state index in [1.807, 2.05) is 5.32 Å². The second-order valence-electron chi connectivity index (χ2n) is 10.0. The molecule has 15 heteroatoms. The lowest BCUT2D eigenvalue weighted by Gasteiger charge is -2.32. The van der Waals surface area contributed by atoms with Crippen LogP contribution >= 0.6 is 0 Å². The maximum absolute atomic E-state index is 14.0. The van der Waals surface area contributed by atoms with Crippen LogP contribution in [-0.4, -0.2) is 61.3 Å². The summed E-state index contributed by atoms with van der Waals surface area (Å²) in [6.07, 6.45) is -1.58. The van der Waals surface area contributed by atoms with Crippen molar-refractivity contribution in [3.05, 3.63) is 46.7 Å². The van der Waals surface area contributed by atoms with Crippen LogP contribution in [0.2, 0.25) is 0 Å². The first-order valence-electron chi connectivity index (χ1n) is 12.5. The van der Waals surface area contributed by atoms with Crippen molar-refractivity contribution in [2.24, 2.45) is 11.7 Å². The fourth-order valence-corrected chi connectivity index (χ4v) is 5.34. The molecule has 0 radical (unpaired) electrons. The van der Waals surface area contributed by atoms with Gasteiger partial charge in [0.2, 0.25) is 5.92 Å². The van der Waals surface area contributed by atoms with Crippen LogP contribution in [0.25, 0.3) is 5.65 Å². The number of nitrogens with one attached hydrogen (secondary N) is 1. The normalized spacial score (nSPS) is 20.9. The predicted octanol–water partition coefficient (Wildman–Crippen LogP) is 3.79. The summed E-state index contributed by atoms with van der Waals surface area (Å²) in [5.41, 5.74) is 7.25. The molecule has 3 aromatic heterocycles. The summed E-state index contributed by atoms with van der Waals surface area (Å²) in [6, 6.07) is -1.23. The second-order valence-corrected chi connectivity index (χ2v) is 10.0. The van der Waals surface area contributed by atoms with Gasteiger partial charge in [-0.2, -0.15) is 18.3 Å². The lowest BCUT2D eigenvalue weighted by atomic mass is 9.75. The summed E-state index contributed by atoms with van der Waals surface area (Å²) < 4.78 is 74.0. The van der Waals surface area contributed by atoms with Gasteiger partial charge in [0.1, 0.15) is 11.6 Å². The number of amides is 3. The molecular weight excluding hydrogens is 529 g/mol. The van der Waals surface area contributed by atoms with E-state index in [0.717, 1.165) is 4.90 Å². The Balaban J connectivity index is 1.48. The molecule has 1 saturated heterocycles. The van der Waals surface area contributed by atoms with Gasteiger partial charge in [-0.25, -0.2) is 23.1 Å². The molecule has 0 aromatic carbocycles. The average Bonchev–Trinajstić information content (AvgIpc) is 3.57. The van der Waals surface area contributed by atoms with Gasteiger partial charge in [0.15, 0.2) is 11.4 Å². The number of fused-ring (bicyclic) bond motifs is 1. The molecule has 10 nitrogen and oxygen atoms in total. The van der Waals surface area contributed by atoms with Crippen molar-refractivity contribution < 1.29 is 36.1 Å². The van der Waals surface area contributed by atoms with Gasteiger partial charge in [-0.15, -0.1) is 0 Å². The summed E-state index contributed by atoms with van der Waals surface area (Å²) in [4.78, 5) is 30.0. The van der Waals surface area contributed by atoms with Crippen LogP contribution < -0.4 is 11.1 Å². The van der Waals surface area contributed by atoms with E-state index in [1.54, 1.807) is 19.2 Å². The molecule has 1 saturated carbocycles. The van der Waals surface area contributed by atoms with Gasteiger partial charge in [0.05, 0.1) is 36.2 Å². The van der Waals surface area contributed by atoms with Gasteiger partial charge < -0.3 is 20.5 Å². The number of halogens is 5. The van der Waals surface area contributed by atoms with Gasteiger partial charge in [-0.3, -0.25) is 4.79 Å². The van der Waals surface area contributed by atoms with Crippen LogP contribution in [0.15, 0.2) is 23.0 Å². The zero-order chi connectivity index (χ0) is 28.1. The molecule has 0 spiro atoms. The molecular formula is C24H26F5N7O3. The fraction of sp³-hybridized carbons (Fsp3) is 0.542. The number of carbonyl (C=O) groups excluding carboxylic acids is 2. The number of aromatic nitrogens is 4. The van der Waals surface area contributed by atoms with Crippen LogP contribution in [0.4, 0.5) is 26.7 Å². The summed E-state index contributed by atoms with van der Waals surface area (Å²) in [6.45, 7) is 1.11. The monoisotopic (exact) mass is 555 g/mol. The number of alkyl halides is 5. The van der Waals surface area contributed by atoms with E-state index in [4.69, 9.17) is 10.3 Å². The van der Waals surface area contributed by atoms with Crippen molar-refractivity contribution in [1.82, 2.24) is 30.0 Å². The van der Waals surface area contributed by atoms with E-state index in [0.29, 0.717) is 29.0 Å². The van der Waals surface area contributed by atoms with Crippen LogP contribution in [-0.2, 0) is 13.0 Å². The molecule has 210 valence electrons. The third kappa shape index (κ3) is 5.26. The molecule has 3 N–H and O–H groups in total. The van der Waals surface area contributed by atoms with Crippen LogP contribution in [0, 0.1) is 5.92 Å². The smallest absolute Gasteiger partial charge is 0.365 e. The lowest BCUT2D eigenvalue weighted by molar-refractivity contribution is -0.149. The van der Waals surface area contributed by atoms with Crippen LogP contribution in [0.5, 0.6) is 0 Å². The molecule has 3 amide bonds. The molecule has 0 unspecified atom stereocenters. The first kappa shape index (κ1) is 26.8. The third-order valence-electron chi connectivity index (χ3n) is 7.36. The number of primary amides is 1. The lowest BCUT2D eigenvalue weighted by Crippen LogP contribution is -2.40. The molecule has 5 rings (SSSR count). The number of rotatable bonds is 7. The maximum Gasteiger partial charge on any atom is 0.410 e. The summed E-state index contributed by atoms with van der Waals surface area (Å²) in [7, 11) is 0. The molecule has 1 aliphatic heterocycles. The minimum absolute atomic E-state index is 0.102. The highest BCUT2D eigenvalue weighted by atomic mass is 19.4. The van der Waals surface area contributed by atoms with Crippen molar-refractivity contribution in [1.29, 1.82) is 0 Å². The molecule has 1 aliphatic carbocycles. The average molecular weight is 556 g/mol. The van der Waals surface area contributed by atoms with Crippen LogP contribution in [0.1, 0.15) is 71.6 Å². The van der Waals surface area contributed by atoms with E-state index in [9.17, 15) is 31.5 Å². The van der Waals surface area contributed by atoms with Crippen molar-refractivity contribution in [2.45, 2.75) is 69.6 Å². The molecule has 2 aliphatic rings. The number of carbonyl (C=O) groups is 2. The van der Waals surface area contributed by atoms with E-state index in [-0.39, 0.29) is 49.5 Å². The maximum atomic E-state index is 14.0. The van der Waals surface area contributed by atoms with E-state index in [2.05, 4.69) is 15.2 Å². The fourth-order valence-electron chi connectivity index (χ4n) is 5.34. The Morgan fingerprint density at radius 2 is 2.03 bits per heavy atom. The van der Waals surface area contributed by atoms with Gasteiger partial charge >= 0.3 is 12.2 Å². The number of nitrogens with two attached hydrogens (primary N) is 1. The van der Waals surface area contributed by atoms with Crippen LogP contribution in [0.3, 0.4) is 0 Å². The summed E-state index contributed by atoms with van der Waals surface area (Å²) in [5, 5.41) is 10.2. The SMILES string of the molecule is CCc1noc([C@H](c2cn3ncc(CN4C[C@@H](C(F)(F)F)NC4=O)cc3n2)C2CCC(F)(F)CC2)c1C(N)=O. The first-order chi connectivity index (χ1) is 18.4. The zero-order valence-electron chi connectivity index (χ0n) is 20.8. The molecule has 3 aromatic rings. The van der Waals surface area contributed by atoms with Gasteiger partial charge in [0.25, 0.3) is 5.91 Å². The highest BCUT2D eigenvalue weighted by Gasteiger charge is 2.47. The molecule has 4 heterocycles. The number of nitrogens with zero attached hydrogens (tertiary/aromatic N) is 5. The number of imidazole rings is 1. The van der Waals surface area contributed by atoms with Crippen molar-refractivity contribution >= 4 is 17.6 Å². The number of hydrogen-bond acceptors (Lipinski definition) is 6. The van der Waals surface area contributed by atoms with E-state index < -0.39 is 42.5 Å². The Kier molecular flexibility index (Phi) is 6.71. The van der Waals surface area contributed by atoms with Gasteiger partial charge in [-0.05, 0) is 36.8 Å². The predicted molar refractivity (Wildman–Crippen MR) is 125 cm³/mol. The van der Waals surface area contributed by atoms with Crippen molar-refractivity contribution in [3.8, 4) is 0 Å². The quantitative estimate of drug-likeness (QED) is 0.427. The Hall–Kier alpha value is -3.78. The minimum atomic E-state index is -4.56. The number of hydrogen-bond donors (Lipinski definition) is 2. The number of urea groups is 1. The molecule has 2 atom stereocenters. The third-order valence-corrected chi connectivity index (χ3v) is 7.36. The Bertz CT molecular complexity index is 1390. The van der Waals surface area contributed by atoms with Crippen molar-refractivity contribution in [2.75, 3.05) is 6.54 Å². The highest BCUT2D eigenvalue weighted by molar-refractivity contribution is 5.95. The zero-order valence-corrected chi connectivity index (χ0v) is 20.8. The van der Waals surface area contributed by atoms with Crippen molar-refractivity contribution in [3.63, 3.8) is 0 Å². The molecule has 2 fully saturated rings. The second kappa shape index (κ2) is 9.75. The molecule has 39 heavy (non-hydrogen) atoms. The van der Waals surface area contributed by atoms with E-state index in [1.165, 1.54) is 10.7 Å². The summed E-state index contributed by atoms with van der Waals surface area (Å²) in [5.74, 6) is -4.44. The summed E-state index contributed by atoms with van der Waals surface area (Å²) >= 11 is 0. The number of aryl methyl sites for hydroxylation is 1. The van der Waals surface area contributed by atoms with E-state index >= 15 is 0 Å². The Morgan fingerprint density at radius 1 is 1.31 bits per heavy atom. The van der Waals surface area contributed by atoms with Gasteiger partial charge in [0, 0.05) is 19.4 Å².